The first-order valence-electron chi connectivity index (χ1n) is 6.64. The van der Waals surface area contributed by atoms with Crippen molar-refractivity contribution in [3.05, 3.63) is 0 Å². The Labute approximate surface area is 111 Å². The summed E-state index contributed by atoms with van der Waals surface area (Å²) in [5, 5.41) is 14.4. The standard InChI is InChI=1S/C13H20N2O4/c1-13(2)8(9(13)12(18)19)11(17)15-6-5-14-10(16)7-3-4-7/h7-9H,3-6H2,1-2H3,(H,14,16)(H,15,17)(H,18,19)/t8-,9+/m1/s1. The van der Waals surface area contributed by atoms with Crippen LogP contribution in [0.2, 0.25) is 0 Å². The highest BCUT2D eigenvalue weighted by atomic mass is 16.4. The highest BCUT2D eigenvalue weighted by molar-refractivity contribution is 5.91. The molecule has 3 N–H and O–H groups in total. The molecule has 0 aromatic heterocycles. The topological polar surface area (TPSA) is 95.5 Å². The average molecular weight is 268 g/mol. The fourth-order valence-corrected chi connectivity index (χ4v) is 2.56. The van der Waals surface area contributed by atoms with E-state index < -0.39 is 23.2 Å². The number of nitrogens with one attached hydrogen (secondary N) is 2. The van der Waals surface area contributed by atoms with Crippen molar-refractivity contribution in [3.63, 3.8) is 0 Å². The molecule has 6 nitrogen and oxygen atoms in total. The number of hydrogen-bond donors (Lipinski definition) is 3. The lowest BCUT2D eigenvalue weighted by Gasteiger charge is -2.07. The van der Waals surface area contributed by atoms with Gasteiger partial charge in [-0.1, -0.05) is 13.8 Å². The van der Waals surface area contributed by atoms with Crippen molar-refractivity contribution < 1.29 is 19.5 Å². The molecule has 0 heterocycles. The Kier molecular flexibility index (Phi) is 3.52. The van der Waals surface area contributed by atoms with Crippen LogP contribution in [-0.4, -0.2) is 36.0 Å². The van der Waals surface area contributed by atoms with Gasteiger partial charge in [-0.25, -0.2) is 0 Å². The molecule has 2 amide bonds. The summed E-state index contributed by atoms with van der Waals surface area (Å²) in [5.41, 5.74) is -0.479. The van der Waals surface area contributed by atoms with Crippen LogP contribution in [0, 0.1) is 23.2 Å². The third-order valence-corrected chi connectivity index (χ3v) is 4.05. The molecule has 2 aliphatic rings. The van der Waals surface area contributed by atoms with E-state index in [0.717, 1.165) is 12.8 Å². The van der Waals surface area contributed by atoms with Crippen LogP contribution >= 0.6 is 0 Å². The van der Waals surface area contributed by atoms with Crippen molar-refractivity contribution in [2.24, 2.45) is 23.2 Å². The quantitative estimate of drug-likeness (QED) is 0.590. The van der Waals surface area contributed by atoms with Crippen molar-refractivity contribution in [2.75, 3.05) is 13.1 Å². The minimum absolute atomic E-state index is 0.0458. The lowest BCUT2D eigenvalue weighted by Crippen LogP contribution is -2.36. The van der Waals surface area contributed by atoms with E-state index in [1.807, 2.05) is 0 Å². The van der Waals surface area contributed by atoms with E-state index in [1.54, 1.807) is 13.8 Å². The molecule has 2 saturated carbocycles. The molecule has 0 spiro atoms. The highest BCUT2D eigenvalue weighted by Crippen LogP contribution is 2.58. The van der Waals surface area contributed by atoms with Gasteiger partial charge in [-0.2, -0.15) is 0 Å². The van der Waals surface area contributed by atoms with Crippen molar-refractivity contribution in [1.82, 2.24) is 10.6 Å². The summed E-state index contributed by atoms with van der Waals surface area (Å²) in [6.45, 7) is 4.30. The number of amides is 2. The van der Waals surface area contributed by atoms with Gasteiger partial charge in [-0.15, -0.1) is 0 Å². The van der Waals surface area contributed by atoms with Crippen molar-refractivity contribution in [3.8, 4) is 0 Å². The Bertz CT molecular complexity index is 415. The number of carboxylic acids is 1. The molecular weight excluding hydrogens is 248 g/mol. The molecule has 106 valence electrons. The molecule has 0 unspecified atom stereocenters. The molecule has 0 aromatic rings. The SMILES string of the molecule is CC1(C)[C@H](C(=O)O)[C@@H]1C(=O)NCCNC(=O)C1CC1. The lowest BCUT2D eigenvalue weighted by atomic mass is 10.1. The van der Waals surface area contributed by atoms with Crippen LogP contribution in [-0.2, 0) is 14.4 Å². The number of aliphatic carboxylic acids is 1. The first kappa shape index (κ1) is 13.8. The third-order valence-electron chi connectivity index (χ3n) is 4.05. The van der Waals surface area contributed by atoms with E-state index in [-0.39, 0.29) is 17.7 Å². The van der Waals surface area contributed by atoms with E-state index in [2.05, 4.69) is 10.6 Å². The molecule has 2 fully saturated rings. The minimum Gasteiger partial charge on any atom is -0.481 e. The summed E-state index contributed by atoms with van der Waals surface area (Å²) < 4.78 is 0. The number of carbonyl (C=O) groups is 3. The minimum atomic E-state index is -0.924. The smallest absolute Gasteiger partial charge is 0.307 e. The summed E-state index contributed by atoms with van der Waals surface area (Å²) in [6.07, 6.45) is 1.91. The Morgan fingerprint density at radius 3 is 2.00 bits per heavy atom. The first-order valence-corrected chi connectivity index (χ1v) is 6.64. The van der Waals surface area contributed by atoms with Crippen LogP contribution in [0.15, 0.2) is 0 Å². The number of hydrogen-bond acceptors (Lipinski definition) is 3. The summed E-state index contributed by atoms with van der Waals surface area (Å²) in [4.78, 5) is 34.1. The summed E-state index contributed by atoms with van der Waals surface area (Å²) >= 11 is 0. The molecule has 0 aliphatic heterocycles. The predicted octanol–water partition coefficient (Wildman–Crippen LogP) is -0.0144. The van der Waals surface area contributed by atoms with Crippen molar-refractivity contribution in [2.45, 2.75) is 26.7 Å². The summed E-state index contributed by atoms with van der Waals surface area (Å²) in [6, 6.07) is 0. The highest BCUT2D eigenvalue weighted by Gasteiger charge is 2.65. The second-order valence-electron chi connectivity index (χ2n) is 5.97. The van der Waals surface area contributed by atoms with Crippen LogP contribution in [0.3, 0.4) is 0 Å². The summed E-state index contributed by atoms with van der Waals surface area (Å²) in [7, 11) is 0. The molecule has 0 radical (unpaired) electrons. The fraction of sp³-hybridized carbons (Fsp3) is 0.769. The average Bonchev–Trinajstić information content (AvgIpc) is 3.18. The normalized spacial score (nSPS) is 27.5. The van der Waals surface area contributed by atoms with E-state index in [9.17, 15) is 14.4 Å². The summed E-state index contributed by atoms with van der Waals surface area (Å²) in [5.74, 6) is -2.03. The zero-order valence-corrected chi connectivity index (χ0v) is 11.2. The van der Waals surface area contributed by atoms with Gasteiger partial charge in [0.15, 0.2) is 0 Å². The maximum atomic E-state index is 11.8. The third kappa shape index (κ3) is 2.88. The maximum Gasteiger partial charge on any atom is 0.307 e. The van der Waals surface area contributed by atoms with Crippen LogP contribution in [0.1, 0.15) is 26.7 Å². The second kappa shape index (κ2) is 4.83. The van der Waals surface area contributed by atoms with Gasteiger partial charge in [0, 0.05) is 19.0 Å². The zero-order chi connectivity index (χ0) is 14.2. The van der Waals surface area contributed by atoms with Gasteiger partial charge >= 0.3 is 5.97 Å². The Balaban J connectivity index is 1.67. The van der Waals surface area contributed by atoms with Crippen LogP contribution in [0.25, 0.3) is 0 Å². The van der Waals surface area contributed by atoms with Crippen LogP contribution < -0.4 is 10.6 Å². The number of rotatable bonds is 6. The van der Waals surface area contributed by atoms with Crippen LogP contribution in [0.4, 0.5) is 0 Å². The van der Waals surface area contributed by atoms with Crippen LogP contribution in [0.5, 0.6) is 0 Å². The van der Waals surface area contributed by atoms with E-state index in [4.69, 9.17) is 5.11 Å². The number of carbonyl (C=O) groups excluding carboxylic acids is 2. The van der Waals surface area contributed by atoms with Gasteiger partial charge in [-0.05, 0) is 18.3 Å². The van der Waals surface area contributed by atoms with E-state index in [1.165, 1.54) is 0 Å². The zero-order valence-electron chi connectivity index (χ0n) is 11.2. The van der Waals surface area contributed by atoms with Gasteiger partial charge in [-0.3, -0.25) is 14.4 Å². The maximum absolute atomic E-state index is 11.8. The Morgan fingerprint density at radius 1 is 1.05 bits per heavy atom. The molecule has 6 heteroatoms. The Morgan fingerprint density at radius 2 is 1.58 bits per heavy atom. The Hall–Kier alpha value is -1.59. The molecule has 0 bridgehead atoms. The van der Waals surface area contributed by atoms with E-state index >= 15 is 0 Å². The van der Waals surface area contributed by atoms with E-state index in [0.29, 0.717) is 13.1 Å². The molecular formula is C13H20N2O4. The largest absolute Gasteiger partial charge is 0.481 e. The number of carboxylic acid groups (broad SMARTS) is 1. The fourth-order valence-electron chi connectivity index (χ4n) is 2.56. The molecule has 2 atom stereocenters. The van der Waals surface area contributed by atoms with Crippen molar-refractivity contribution >= 4 is 17.8 Å². The molecule has 0 saturated heterocycles. The van der Waals surface area contributed by atoms with Crippen molar-refractivity contribution in [1.29, 1.82) is 0 Å². The molecule has 2 rings (SSSR count). The lowest BCUT2D eigenvalue weighted by molar-refractivity contribution is -0.140. The van der Waals surface area contributed by atoms with Gasteiger partial charge in [0.1, 0.15) is 0 Å². The van der Waals surface area contributed by atoms with Gasteiger partial charge in [0.05, 0.1) is 11.8 Å². The monoisotopic (exact) mass is 268 g/mol. The molecule has 19 heavy (non-hydrogen) atoms. The van der Waals surface area contributed by atoms with Gasteiger partial charge in [0.25, 0.3) is 0 Å². The predicted molar refractivity (Wildman–Crippen MR) is 67.1 cm³/mol. The molecule has 2 aliphatic carbocycles. The molecule has 0 aromatic carbocycles. The van der Waals surface area contributed by atoms with Gasteiger partial charge in [0.2, 0.25) is 11.8 Å². The second-order valence-corrected chi connectivity index (χ2v) is 5.97. The van der Waals surface area contributed by atoms with Gasteiger partial charge < -0.3 is 15.7 Å². The first-order chi connectivity index (χ1) is 8.85.